The van der Waals surface area contributed by atoms with Gasteiger partial charge in [-0.2, -0.15) is 13.2 Å². The number of piperazine rings is 1. The number of nitrogens with one attached hydrogen (secondary N) is 2. The molecule has 1 amide bonds. The molecular weight excluding hydrogens is 505 g/mol. The normalized spacial score (nSPS) is 16.2. The minimum atomic E-state index is -4.49. The number of imidazole rings is 1. The van der Waals surface area contributed by atoms with E-state index < -0.39 is 11.7 Å². The Morgan fingerprint density at radius 2 is 1.79 bits per heavy atom. The zero-order valence-electron chi connectivity index (χ0n) is 21.7. The lowest BCUT2D eigenvalue weighted by Gasteiger charge is -2.39. The highest BCUT2D eigenvalue weighted by atomic mass is 19.4. The topological polar surface area (TPSA) is 64.9 Å². The summed E-state index contributed by atoms with van der Waals surface area (Å²) in [5.74, 6) is -0.0778. The molecule has 10 heteroatoms. The minimum Gasteiger partial charge on any atom is -0.368 e. The van der Waals surface area contributed by atoms with Crippen LogP contribution in [-0.2, 0) is 12.7 Å². The minimum absolute atomic E-state index is 0.0778. The number of halogens is 3. The number of hydrogen-bond acceptors (Lipinski definition) is 5. The number of hydrogen-bond donors (Lipinski definition) is 2. The fraction of sp³-hybridized carbons (Fsp3) is 0.310. The molecule has 1 fully saturated rings. The van der Waals surface area contributed by atoms with Crippen LogP contribution in [0, 0.1) is 0 Å². The van der Waals surface area contributed by atoms with Gasteiger partial charge in [0.15, 0.2) is 5.65 Å². The Kier molecular flexibility index (Phi) is 6.22. The predicted molar refractivity (Wildman–Crippen MR) is 145 cm³/mol. The fourth-order valence-corrected chi connectivity index (χ4v) is 5.49. The van der Waals surface area contributed by atoms with Crippen molar-refractivity contribution in [2.75, 3.05) is 36.4 Å². The molecule has 2 aromatic carbocycles. The number of anilines is 3. The van der Waals surface area contributed by atoms with E-state index in [-0.39, 0.29) is 11.6 Å². The molecule has 0 spiro atoms. The van der Waals surface area contributed by atoms with Crippen molar-refractivity contribution in [1.82, 2.24) is 19.6 Å². The summed E-state index contributed by atoms with van der Waals surface area (Å²) >= 11 is 0. The lowest BCUT2D eigenvalue weighted by molar-refractivity contribution is -0.137. The van der Waals surface area contributed by atoms with Crippen LogP contribution in [0.5, 0.6) is 0 Å². The first-order valence-electron chi connectivity index (χ1n) is 13.0. The summed E-state index contributed by atoms with van der Waals surface area (Å²) in [6.45, 7) is 7.26. The van der Waals surface area contributed by atoms with Crippen LogP contribution in [0.4, 0.5) is 30.2 Å². The van der Waals surface area contributed by atoms with Crippen molar-refractivity contribution in [3.8, 4) is 11.3 Å². The highest BCUT2D eigenvalue weighted by molar-refractivity contribution is 5.99. The number of nitrogens with zero attached hydrogens (tertiary/aromatic N) is 4. The van der Waals surface area contributed by atoms with Gasteiger partial charge in [0.25, 0.3) is 5.91 Å². The number of amides is 1. The second kappa shape index (κ2) is 9.60. The van der Waals surface area contributed by atoms with Gasteiger partial charge < -0.3 is 15.5 Å². The SMILES string of the molecule is CC(C)N1CCN(c2ccc(Nc3ccc(-c4ccc5c(c4)CNC5=O)n4ccnc34)cc2C(F)(F)F)CC1. The van der Waals surface area contributed by atoms with Crippen molar-refractivity contribution in [3.05, 3.63) is 77.6 Å². The van der Waals surface area contributed by atoms with Gasteiger partial charge in [0.1, 0.15) is 0 Å². The first kappa shape index (κ1) is 25.2. The molecule has 202 valence electrons. The van der Waals surface area contributed by atoms with Gasteiger partial charge >= 0.3 is 6.18 Å². The van der Waals surface area contributed by atoms with E-state index in [2.05, 4.69) is 34.4 Å². The highest BCUT2D eigenvalue weighted by Gasteiger charge is 2.36. The molecule has 7 nitrogen and oxygen atoms in total. The predicted octanol–water partition coefficient (Wildman–Crippen LogP) is 5.54. The molecule has 4 aromatic rings. The molecule has 39 heavy (non-hydrogen) atoms. The number of pyridine rings is 1. The summed E-state index contributed by atoms with van der Waals surface area (Å²) in [6.07, 6.45) is -1.02. The molecule has 0 aliphatic carbocycles. The first-order chi connectivity index (χ1) is 18.7. The number of benzene rings is 2. The maximum Gasteiger partial charge on any atom is 0.418 e. The van der Waals surface area contributed by atoms with Crippen LogP contribution in [-0.4, -0.2) is 52.4 Å². The fourth-order valence-electron chi connectivity index (χ4n) is 5.49. The van der Waals surface area contributed by atoms with Gasteiger partial charge in [-0.1, -0.05) is 6.07 Å². The third-order valence-corrected chi connectivity index (χ3v) is 7.60. The molecule has 0 unspecified atom stereocenters. The Morgan fingerprint density at radius 1 is 1.00 bits per heavy atom. The number of fused-ring (bicyclic) bond motifs is 2. The average Bonchev–Trinajstić information content (AvgIpc) is 3.56. The van der Waals surface area contributed by atoms with Gasteiger partial charge in [0, 0.05) is 68.1 Å². The van der Waals surface area contributed by atoms with Gasteiger partial charge in [-0.05, 0) is 67.4 Å². The van der Waals surface area contributed by atoms with Crippen molar-refractivity contribution in [2.24, 2.45) is 0 Å². The number of carbonyl (C=O) groups is 1. The Morgan fingerprint density at radius 3 is 2.54 bits per heavy atom. The second-order valence-corrected chi connectivity index (χ2v) is 10.3. The van der Waals surface area contributed by atoms with Gasteiger partial charge in [-0.3, -0.25) is 14.1 Å². The molecular formula is C29H29F3N6O. The van der Waals surface area contributed by atoms with E-state index in [9.17, 15) is 18.0 Å². The number of rotatable bonds is 5. The van der Waals surface area contributed by atoms with E-state index >= 15 is 0 Å². The quantitative estimate of drug-likeness (QED) is 0.352. The van der Waals surface area contributed by atoms with E-state index in [4.69, 9.17) is 0 Å². The van der Waals surface area contributed by atoms with E-state index in [0.29, 0.717) is 48.3 Å². The summed E-state index contributed by atoms with van der Waals surface area (Å²) in [5.41, 5.74) is 4.46. The van der Waals surface area contributed by atoms with Gasteiger partial charge in [0.2, 0.25) is 0 Å². The zero-order chi connectivity index (χ0) is 27.3. The second-order valence-electron chi connectivity index (χ2n) is 10.3. The van der Waals surface area contributed by atoms with Crippen LogP contribution in [0.3, 0.4) is 0 Å². The van der Waals surface area contributed by atoms with Crippen molar-refractivity contribution >= 4 is 28.6 Å². The first-order valence-corrected chi connectivity index (χ1v) is 13.0. The van der Waals surface area contributed by atoms with Gasteiger partial charge in [-0.15, -0.1) is 0 Å². The summed E-state index contributed by atoms with van der Waals surface area (Å²) < 4.78 is 44.4. The molecule has 0 saturated carbocycles. The smallest absolute Gasteiger partial charge is 0.368 e. The van der Waals surface area contributed by atoms with Gasteiger partial charge in [0.05, 0.1) is 16.9 Å². The van der Waals surface area contributed by atoms with E-state index in [0.717, 1.165) is 29.9 Å². The number of alkyl halides is 3. The summed E-state index contributed by atoms with van der Waals surface area (Å²) in [7, 11) is 0. The monoisotopic (exact) mass is 534 g/mol. The lowest BCUT2D eigenvalue weighted by Crippen LogP contribution is -2.49. The molecule has 4 heterocycles. The average molecular weight is 535 g/mol. The largest absolute Gasteiger partial charge is 0.418 e. The molecule has 2 aromatic heterocycles. The van der Waals surface area contributed by atoms with Crippen LogP contribution in [0.2, 0.25) is 0 Å². The summed E-state index contributed by atoms with van der Waals surface area (Å²) in [4.78, 5) is 20.5. The van der Waals surface area contributed by atoms with Crippen LogP contribution < -0.4 is 15.5 Å². The van der Waals surface area contributed by atoms with E-state index in [1.165, 1.54) is 6.07 Å². The molecule has 1 saturated heterocycles. The Hall–Kier alpha value is -4.05. The van der Waals surface area contributed by atoms with Crippen molar-refractivity contribution in [3.63, 3.8) is 0 Å². The van der Waals surface area contributed by atoms with Crippen LogP contribution in [0.1, 0.15) is 35.3 Å². The summed E-state index contributed by atoms with van der Waals surface area (Å²) in [6, 6.07) is 14.2. The van der Waals surface area contributed by atoms with Crippen LogP contribution >= 0.6 is 0 Å². The highest BCUT2D eigenvalue weighted by Crippen LogP contribution is 2.39. The van der Waals surface area contributed by atoms with E-state index in [1.54, 1.807) is 18.3 Å². The third-order valence-electron chi connectivity index (χ3n) is 7.60. The Bertz CT molecular complexity index is 1550. The Labute approximate surface area is 224 Å². The van der Waals surface area contributed by atoms with Crippen LogP contribution in [0.15, 0.2) is 60.9 Å². The van der Waals surface area contributed by atoms with E-state index in [1.807, 2.05) is 45.8 Å². The lowest BCUT2D eigenvalue weighted by atomic mass is 10.0. The molecule has 2 N–H and O–H groups in total. The zero-order valence-corrected chi connectivity index (χ0v) is 21.7. The maximum absolute atomic E-state index is 14.2. The molecule has 2 aliphatic rings. The van der Waals surface area contributed by atoms with Crippen molar-refractivity contribution in [1.29, 1.82) is 0 Å². The van der Waals surface area contributed by atoms with Crippen LogP contribution in [0.25, 0.3) is 16.9 Å². The molecule has 6 rings (SSSR count). The number of carbonyl (C=O) groups excluding carboxylic acids is 1. The van der Waals surface area contributed by atoms with Crippen molar-refractivity contribution in [2.45, 2.75) is 32.6 Å². The Balaban J connectivity index is 1.30. The standard InChI is InChI=1S/C29H29F3N6O/c1-18(2)36-11-13-37(14-12-36)26-7-4-21(16-23(26)29(30,31)32)35-24-6-8-25(38-10-9-33-27(24)38)19-3-5-22-20(15-19)17-34-28(22)39/h3-10,15-16,18,35H,11-14,17H2,1-2H3,(H,34,39). The molecule has 2 aliphatic heterocycles. The molecule has 0 radical (unpaired) electrons. The third kappa shape index (κ3) is 4.69. The molecule has 0 bridgehead atoms. The molecule has 0 atom stereocenters. The van der Waals surface area contributed by atoms with Gasteiger partial charge in [-0.25, -0.2) is 4.98 Å². The van der Waals surface area contributed by atoms with Crippen molar-refractivity contribution < 1.29 is 18.0 Å². The summed E-state index contributed by atoms with van der Waals surface area (Å²) in [5, 5.41) is 5.98. The maximum atomic E-state index is 14.2. The number of aromatic nitrogens is 2.